The lowest BCUT2D eigenvalue weighted by molar-refractivity contribution is 0.101. The minimum Gasteiger partial charge on any atom is -0.366 e. The third kappa shape index (κ3) is 1.72. The van der Waals surface area contributed by atoms with Crippen molar-refractivity contribution in [1.82, 2.24) is 25.4 Å². The van der Waals surface area contributed by atoms with Gasteiger partial charge in [0.25, 0.3) is 5.91 Å². The van der Waals surface area contributed by atoms with Crippen molar-refractivity contribution in [1.29, 1.82) is 0 Å². The molecule has 0 aromatic carbocycles. The van der Waals surface area contributed by atoms with Crippen LogP contribution in [0.3, 0.4) is 0 Å². The van der Waals surface area contributed by atoms with Gasteiger partial charge in [0, 0.05) is 11.3 Å². The van der Waals surface area contributed by atoms with Crippen molar-refractivity contribution in [2.24, 2.45) is 0 Å². The molecule has 2 heterocycles. The van der Waals surface area contributed by atoms with E-state index in [1.54, 1.807) is 0 Å². The number of nitrogen functional groups attached to an aromatic ring is 1. The number of aromatic nitrogens is 5. The molecule has 0 radical (unpaired) electrons. The second-order valence-corrected chi connectivity index (χ2v) is 3.32. The number of nitrogens with zero attached hydrogens (tertiary/aromatic N) is 3. The van der Waals surface area contributed by atoms with Crippen molar-refractivity contribution < 1.29 is 4.79 Å². The first kappa shape index (κ1) is 10.1. The summed E-state index contributed by atoms with van der Waals surface area (Å²) in [4.78, 5) is 15.3. The van der Waals surface area contributed by atoms with Gasteiger partial charge in [0.2, 0.25) is 11.8 Å². The predicted octanol–water partition coefficient (Wildman–Crippen LogP) is -0.0209. The Morgan fingerprint density at radius 2 is 2.06 bits per heavy atom. The number of carbonyl (C=O) groups excluding carboxylic acids is 1. The van der Waals surface area contributed by atoms with Gasteiger partial charge in [-0.05, 0) is 13.8 Å². The topological polar surface area (TPSA) is 125 Å². The number of nitrogens with two attached hydrogens (primary N) is 1. The summed E-state index contributed by atoms with van der Waals surface area (Å²) < 4.78 is 0. The molecular formula is C8H11N7O. The Balaban J connectivity index is 2.17. The standard InChI is InChI=1S/C8H11N7O/c1-3-4(2)12-13-5(3)10-7(16)6-11-8(9)15-14-6/h1-2H3,(H3,9,11,14,15)(H2,10,12,13,16). The molecule has 0 saturated carbocycles. The molecule has 0 aliphatic carbocycles. The van der Waals surface area contributed by atoms with Gasteiger partial charge in [0.1, 0.15) is 0 Å². The van der Waals surface area contributed by atoms with Crippen LogP contribution in [0, 0.1) is 13.8 Å². The van der Waals surface area contributed by atoms with E-state index in [9.17, 15) is 4.79 Å². The quantitative estimate of drug-likeness (QED) is 0.567. The van der Waals surface area contributed by atoms with Crippen molar-refractivity contribution in [3.05, 3.63) is 17.1 Å². The van der Waals surface area contributed by atoms with E-state index >= 15 is 0 Å². The highest BCUT2D eigenvalue weighted by atomic mass is 16.2. The van der Waals surface area contributed by atoms with Crippen LogP contribution in [0.15, 0.2) is 0 Å². The number of aromatic amines is 2. The zero-order chi connectivity index (χ0) is 11.7. The molecule has 0 aliphatic rings. The van der Waals surface area contributed by atoms with Gasteiger partial charge in [-0.15, -0.1) is 5.10 Å². The third-order valence-corrected chi connectivity index (χ3v) is 2.20. The fourth-order valence-electron chi connectivity index (χ4n) is 1.15. The fraction of sp³-hybridized carbons (Fsp3) is 0.250. The van der Waals surface area contributed by atoms with Gasteiger partial charge in [-0.1, -0.05) is 0 Å². The Bertz CT molecular complexity index is 526. The predicted molar refractivity (Wildman–Crippen MR) is 56.8 cm³/mol. The van der Waals surface area contributed by atoms with Crippen LogP contribution in [0.5, 0.6) is 0 Å². The van der Waals surface area contributed by atoms with E-state index in [-0.39, 0.29) is 11.8 Å². The maximum atomic E-state index is 11.6. The Hall–Kier alpha value is -2.38. The zero-order valence-corrected chi connectivity index (χ0v) is 8.83. The Kier molecular flexibility index (Phi) is 2.31. The van der Waals surface area contributed by atoms with E-state index < -0.39 is 5.91 Å². The van der Waals surface area contributed by atoms with E-state index in [0.717, 1.165) is 11.3 Å². The van der Waals surface area contributed by atoms with Gasteiger partial charge in [-0.3, -0.25) is 15.0 Å². The molecule has 1 amide bonds. The summed E-state index contributed by atoms with van der Waals surface area (Å²) in [6.07, 6.45) is 0. The van der Waals surface area contributed by atoms with Gasteiger partial charge in [-0.25, -0.2) is 0 Å². The summed E-state index contributed by atoms with van der Waals surface area (Å²) in [5.74, 6) is 0.119. The Morgan fingerprint density at radius 1 is 1.31 bits per heavy atom. The number of H-pyrrole nitrogens is 2. The van der Waals surface area contributed by atoms with Crippen LogP contribution >= 0.6 is 0 Å². The molecule has 5 N–H and O–H groups in total. The Labute approximate surface area is 90.6 Å². The van der Waals surface area contributed by atoms with Crippen molar-refractivity contribution in [2.75, 3.05) is 11.1 Å². The second kappa shape index (κ2) is 3.65. The van der Waals surface area contributed by atoms with E-state index in [4.69, 9.17) is 5.73 Å². The number of amides is 1. The van der Waals surface area contributed by atoms with Crippen molar-refractivity contribution in [3.63, 3.8) is 0 Å². The monoisotopic (exact) mass is 221 g/mol. The first-order valence-electron chi connectivity index (χ1n) is 4.58. The first-order chi connectivity index (χ1) is 7.58. The van der Waals surface area contributed by atoms with Gasteiger partial charge >= 0.3 is 0 Å². The highest BCUT2D eigenvalue weighted by molar-refractivity contribution is 6.01. The number of anilines is 2. The maximum absolute atomic E-state index is 11.6. The van der Waals surface area contributed by atoms with E-state index in [1.807, 2.05) is 13.8 Å². The fourth-order valence-corrected chi connectivity index (χ4v) is 1.15. The summed E-state index contributed by atoms with van der Waals surface area (Å²) in [5, 5.41) is 15.3. The minimum absolute atomic E-state index is 0.0279. The molecule has 2 aromatic rings. The van der Waals surface area contributed by atoms with E-state index in [1.165, 1.54) is 0 Å². The molecule has 16 heavy (non-hydrogen) atoms. The number of aryl methyl sites for hydroxylation is 1. The lowest BCUT2D eigenvalue weighted by atomic mass is 10.3. The summed E-state index contributed by atoms with van der Waals surface area (Å²) in [7, 11) is 0. The van der Waals surface area contributed by atoms with Gasteiger partial charge in [-0.2, -0.15) is 10.1 Å². The van der Waals surface area contributed by atoms with E-state index in [2.05, 4.69) is 30.7 Å². The molecule has 8 heteroatoms. The third-order valence-electron chi connectivity index (χ3n) is 2.20. The summed E-state index contributed by atoms with van der Waals surface area (Å²) in [5.41, 5.74) is 7.06. The molecule has 8 nitrogen and oxygen atoms in total. The lowest BCUT2D eigenvalue weighted by Crippen LogP contribution is -2.14. The molecule has 2 aromatic heterocycles. The van der Waals surface area contributed by atoms with Crippen LogP contribution in [0.2, 0.25) is 0 Å². The highest BCUT2D eigenvalue weighted by Gasteiger charge is 2.14. The summed E-state index contributed by atoms with van der Waals surface area (Å²) >= 11 is 0. The van der Waals surface area contributed by atoms with Crippen molar-refractivity contribution in [3.8, 4) is 0 Å². The van der Waals surface area contributed by atoms with Crippen LogP contribution in [-0.4, -0.2) is 31.3 Å². The van der Waals surface area contributed by atoms with Gasteiger partial charge < -0.3 is 11.1 Å². The van der Waals surface area contributed by atoms with Crippen molar-refractivity contribution >= 4 is 17.7 Å². The zero-order valence-electron chi connectivity index (χ0n) is 8.83. The Morgan fingerprint density at radius 3 is 2.56 bits per heavy atom. The molecule has 2 rings (SSSR count). The smallest absolute Gasteiger partial charge is 0.294 e. The van der Waals surface area contributed by atoms with Crippen molar-refractivity contribution in [2.45, 2.75) is 13.8 Å². The van der Waals surface area contributed by atoms with Crippen LogP contribution in [-0.2, 0) is 0 Å². The molecule has 0 aliphatic heterocycles. The number of nitrogens with one attached hydrogen (secondary N) is 3. The average molecular weight is 221 g/mol. The van der Waals surface area contributed by atoms with E-state index in [0.29, 0.717) is 5.82 Å². The molecular weight excluding hydrogens is 210 g/mol. The number of hydrogen-bond donors (Lipinski definition) is 4. The van der Waals surface area contributed by atoms with Crippen LogP contribution in [0.1, 0.15) is 21.9 Å². The summed E-state index contributed by atoms with van der Waals surface area (Å²) in [6, 6.07) is 0. The van der Waals surface area contributed by atoms with Gasteiger partial charge in [0.05, 0.1) is 0 Å². The van der Waals surface area contributed by atoms with Crippen LogP contribution in [0.25, 0.3) is 0 Å². The SMILES string of the molecule is Cc1[nH]nc(NC(=O)c2nc(N)n[nH]2)c1C. The summed E-state index contributed by atoms with van der Waals surface area (Å²) in [6.45, 7) is 3.72. The normalized spacial score (nSPS) is 10.4. The van der Waals surface area contributed by atoms with Crippen LogP contribution in [0.4, 0.5) is 11.8 Å². The highest BCUT2D eigenvalue weighted by Crippen LogP contribution is 2.14. The average Bonchev–Trinajstić information content (AvgIpc) is 2.79. The molecule has 0 atom stereocenters. The molecule has 0 saturated heterocycles. The molecule has 0 unspecified atom stereocenters. The second-order valence-electron chi connectivity index (χ2n) is 3.32. The maximum Gasteiger partial charge on any atom is 0.294 e. The largest absolute Gasteiger partial charge is 0.366 e. The number of carbonyl (C=O) groups is 1. The molecule has 84 valence electrons. The molecule has 0 bridgehead atoms. The molecule has 0 spiro atoms. The van der Waals surface area contributed by atoms with Crippen LogP contribution < -0.4 is 11.1 Å². The first-order valence-corrected chi connectivity index (χ1v) is 4.58. The lowest BCUT2D eigenvalue weighted by Gasteiger charge is -1.99. The minimum atomic E-state index is -0.432. The number of hydrogen-bond acceptors (Lipinski definition) is 5. The molecule has 0 fully saturated rings. The van der Waals surface area contributed by atoms with Gasteiger partial charge in [0.15, 0.2) is 5.82 Å². The number of rotatable bonds is 2.